The van der Waals surface area contributed by atoms with Crippen molar-refractivity contribution < 1.29 is 17.9 Å². The molecule has 0 atom stereocenters. The molecule has 3 aromatic rings. The Bertz CT molecular complexity index is 1170. The molecule has 0 aromatic heterocycles. The molecule has 9 heteroatoms. The maximum atomic E-state index is 12.4. The third-order valence-electron chi connectivity index (χ3n) is 4.54. The Morgan fingerprint density at radius 1 is 0.969 bits per heavy atom. The minimum Gasteiger partial charge on any atom is -0.492 e. The third kappa shape index (κ3) is 6.38. The van der Waals surface area contributed by atoms with Gasteiger partial charge < -0.3 is 10.1 Å². The number of carbonyl (C=O) groups excluding carboxylic acids is 1. The van der Waals surface area contributed by atoms with Gasteiger partial charge in [-0.25, -0.2) is 8.42 Å². The molecule has 0 spiro atoms. The van der Waals surface area contributed by atoms with Crippen molar-refractivity contribution in [2.75, 3.05) is 23.7 Å². The average Bonchev–Trinajstić information content (AvgIpc) is 2.77. The number of nitrogens with one attached hydrogen (secondary N) is 1. The summed E-state index contributed by atoms with van der Waals surface area (Å²) in [4.78, 5) is 12.3. The van der Waals surface area contributed by atoms with E-state index in [4.69, 9.17) is 27.9 Å². The topological polar surface area (TPSA) is 75.7 Å². The maximum absolute atomic E-state index is 12.4. The highest BCUT2D eigenvalue weighted by Crippen LogP contribution is 2.34. The number of rotatable bonds is 9. The number of sulfonamides is 1. The number of halogens is 2. The summed E-state index contributed by atoms with van der Waals surface area (Å²) in [5.74, 6) is 0.493. The molecule has 0 heterocycles. The van der Waals surface area contributed by atoms with Gasteiger partial charge >= 0.3 is 0 Å². The summed E-state index contributed by atoms with van der Waals surface area (Å²) in [6.07, 6.45) is 1.10. The first-order valence-electron chi connectivity index (χ1n) is 9.72. The summed E-state index contributed by atoms with van der Waals surface area (Å²) in [6, 6.07) is 20.8. The number of hydrogen-bond acceptors (Lipinski definition) is 4. The molecule has 1 amide bonds. The van der Waals surface area contributed by atoms with Crippen LogP contribution in [0.4, 0.5) is 5.69 Å². The molecule has 0 radical (unpaired) electrons. The van der Waals surface area contributed by atoms with Crippen molar-refractivity contribution in [1.82, 2.24) is 5.32 Å². The van der Waals surface area contributed by atoms with Crippen molar-refractivity contribution in [3.05, 3.63) is 94.0 Å². The number of anilines is 1. The van der Waals surface area contributed by atoms with Gasteiger partial charge in [0.15, 0.2) is 0 Å². The maximum Gasteiger partial charge on any atom is 0.251 e. The Morgan fingerprint density at radius 3 is 2.31 bits per heavy atom. The number of carbonyl (C=O) groups is 1. The lowest BCUT2D eigenvalue weighted by molar-refractivity contribution is 0.0947. The summed E-state index contributed by atoms with van der Waals surface area (Å²) in [7, 11) is -3.62. The molecule has 0 unspecified atom stereocenters. The molecule has 0 aliphatic heterocycles. The molecule has 0 aliphatic carbocycles. The lowest BCUT2D eigenvalue weighted by Gasteiger charge is -2.24. The Kier molecular flexibility index (Phi) is 8.01. The van der Waals surface area contributed by atoms with E-state index in [1.165, 1.54) is 4.31 Å². The predicted molar refractivity (Wildman–Crippen MR) is 128 cm³/mol. The van der Waals surface area contributed by atoms with E-state index >= 15 is 0 Å². The van der Waals surface area contributed by atoms with Gasteiger partial charge in [0.2, 0.25) is 10.0 Å². The molecule has 0 bridgehead atoms. The summed E-state index contributed by atoms with van der Waals surface area (Å²) < 4.78 is 31.5. The Labute approximate surface area is 197 Å². The highest BCUT2D eigenvalue weighted by molar-refractivity contribution is 7.92. The summed E-state index contributed by atoms with van der Waals surface area (Å²) in [5.41, 5.74) is 1.44. The lowest BCUT2D eigenvalue weighted by atomic mass is 10.1. The number of ether oxygens (including phenoxy) is 1. The molecule has 6 nitrogen and oxygen atoms in total. The van der Waals surface area contributed by atoms with E-state index in [0.29, 0.717) is 30.0 Å². The number of para-hydroxylation sites is 1. The van der Waals surface area contributed by atoms with E-state index in [9.17, 15) is 13.2 Å². The van der Waals surface area contributed by atoms with Crippen LogP contribution < -0.4 is 14.4 Å². The minimum atomic E-state index is -3.62. The van der Waals surface area contributed by atoms with Gasteiger partial charge in [-0.1, -0.05) is 59.6 Å². The second-order valence-corrected chi connectivity index (χ2v) is 9.65. The van der Waals surface area contributed by atoms with Crippen molar-refractivity contribution in [3.8, 4) is 5.75 Å². The van der Waals surface area contributed by atoms with Gasteiger partial charge in [-0.15, -0.1) is 0 Å². The standard InChI is InChI=1S/C23H22Cl2N2O4S/c1-32(29,30)27(21-9-5-8-20(24)22(21)25)16-17-10-12-18(13-11-17)23(28)26-14-15-31-19-6-3-2-4-7-19/h2-13H,14-16H2,1H3,(H,26,28). The van der Waals surface area contributed by atoms with Gasteiger partial charge in [-0.3, -0.25) is 9.10 Å². The van der Waals surface area contributed by atoms with Crippen LogP contribution in [0.5, 0.6) is 5.75 Å². The Hall–Kier alpha value is -2.74. The molecule has 0 fully saturated rings. The van der Waals surface area contributed by atoms with Gasteiger partial charge in [-0.05, 0) is 42.0 Å². The third-order valence-corrected chi connectivity index (χ3v) is 6.48. The number of nitrogens with zero attached hydrogens (tertiary/aromatic N) is 1. The van der Waals surface area contributed by atoms with Crippen molar-refractivity contribution in [2.45, 2.75) is 6.54 Å². The van der Waals surface area contributed by atoms with Crippen LogP contribution in [-0.4, -0.2) is 33.7 Å². The molecule has 1 N–H and O–H groups in total. The van der Waals surface area contributed by atoms with Crippen molar-refractivity contribution in [3.63, 3.8) is 0 Å². The molecule has 3 aromatic carbocycles. The lowest BCUT2D eigenvalue weighted by Crippen LogP contribution is -2.30. The minimum absolute atomic E-state index is 0.0473. The van der Waals surface area contributed by atoms with Crippen molar-refractivity contribution in [2.24, 2.45) is 0 Å². The fourth-order valence-electron chi connectivity index (χ4n) is 2.95. The summed E-state index contributed by atoms with van der Waals surface area (Å²) >= 11 is 12.3. The van der Waals surface area contributed by atoms with E-state index in [-0.39, 0.29) is 22.5 Å². The van der Waals surface area contributed by atoms with Crippen LogP contribution in [0.3, 0.4) is 0 Å². The van der Waals surface area contributed by atoms with Gasteiger partial charge in [0, 0.05) is 5.56 Å². The molecular weight excluding hydrogens is 471 g/mol. The smallest absolute Gasteiger partial charge is 0.251 e. The van der Waals surface area contributed by atoms with E-state index < -0.39 is 10.0 Å². The van der Waals surface area contributed by atoms with Crippen LogP contribution in [0.25, 0.3) is 0 Å². The fourth-order valence-corrected chi connectivity index (χ4v) is 4.29. The quantitative estimate of drug-likeness (QED) is 0.436. The van der Waals surface area contributed by atoms with Crippen LogP contribution in [0.2, 0.25) is 10.0 Å². The Morgan fingerprint density at radius 2 is 1.66 bits per heavy atom. The largest absolute Gasteiger partial charge is 0.492 e. The summed E-state index contributed by atoms with van der Waals surface area (Å²) in [5, 5.41) is 3.22. The molecule has 0 saturated carbocycles. The zero-order valence-corrected chi connectivity index (χ0v) is 19.6. The van der Waals surface area contributed by atoms with Gasteiger partial charge in [0.05, 0.1) is 35.1 Å². The van der Waals surface area contributed by atoms with Gasteiger partial charge in [0.25, 0.3) is 5.91 Å². The van der Waals surface area contributed by atoms with Gasteiger partial charge in [0.1, 0.15) is 12.4 Å². The monoisotopic (exact) mass is 492 g/mol. The molecular formula is C23H22Cl2N2O4S. The van der Waals surface area contributed by atoms with Crippen LogP contribution in [0, 0.1) is 0 Å². The number of hydrogen-bond donors (Lipinski definition) is 1. The highest BCUT2D eigenvalue weighted by Gasteiger charge is 2.21. The molecule has 0 aliphatic rings. The van der Waals surface area contributed by atoms with Gasteiger partial charge in [-0.2, -0.15) is 0 Å². The zero-order chi connectivity index (χ0) is 23.1. The van der Waals surface area contributed by atoms with Crippen molar-refractivity contribution in [1.29, 1.82) is 0 Å². The van der Waals surface area contributed by atoms with Crippen LogP contribution in [-0.2, 0) is 16.6 Å². The second-order valence-electron chi connectivity index (χ2n) is 6.96. The summed E-state index contributed by atoms with van der Waals surface area (Å²) in [6.45, 7) is 0.744. The van der Waals surface area contributed by atoms with Crippen LogP contribution >= 0.6 is 23.2 Å². The number of amides is 1. The molecule has 0 saturated heterocycles. The fraction of sp³-hybridized carbons (Fsp3) is 0.174. The molecule has 168 valence electrons. The predicted octanol–water partition coefficient (Wildman–Crippen LogP) is 4.77. The Balaban J connectivity index is 1.62. The van der Waals surface area contributed by atoms with E-state index in [2.05, 4.69) is 5.32 Å². The normalized spacial score (nSPS) is 11.1. The SMILES string of the molecule is CS(=O)(=O)N(Cc1ccc(C(=O)NCCOc2ccccc2)cc1)c1cccc(Cl)c1Cl. The highest BCUT2D eigenvalue weighted by atomic mass is 35.5. The van der Waals surface area contributed by atoms with Crippen LogP contribution in [0.15, 0.2) is 72.8 Å². The molecule has 3 rings (SSSR count). The molecule has 32 heavy (non-hydrogen) atoms. The van der Waals surface area contributed by atoms with Crippen molar-refractivity contribution >= 4 is 44.8 Å². The van der Waals surface area contributed by atoms with Crippen LogP contribution in [0.1, 0.15) is 15.9 Å². The second kappa shape index (κ2) is 10.7. The first-order valence-corrected chi connectivity index (χ1v) is 12.3. The number of benzene rings is 3. The first kappa shape index (κ1) is 23.9. The van der Waals surface area contributed by atoms with E-state index in [1.807, 2.05) is 30.3 Å². The average molecular weight is 493 g/mol. The van der Waals surface area contributed by atoms with E-state index in [0.717, 1.165) is 12.0 Å². The zero-order valence-electron chi connectivity index (χ0n) is 17.3. The first-order chi connectivity index (χ1) is 15.3. The van der Waals surface area contributed by atoms with E-state index in [1.54, 1.807) is 42.5 Å².